The van der Waals surface area contributed by atoms with Gasteiger partial charge in [0.25, 0.3) is 0 Å². The van der Waals surface area contributed by atoms with E-state index in [-0.39, 0.29) is 11.8 Å². The number of hydrogen-bond donors (Lipinski definition) is 4. The molecule has 0 aliphatic carbocycles. The van der Waals surface area contributed by atoms with Crippen LogP contribution >= 0.6 is 0 Å². The van der Waals surface area contributed by atoms with Gasteiger partial charge in [0.2, 0.25) is 11.8 Å². The molecule has 0 spiro atoms. The Labute approximate surface area is 190 Å². The molecule has 3 aromatic rings. The van der Waals surface area contributed by atoms with Crippen LogP contribution in [0.2, 0.25) is 0 Å². The highest BCUT2D eigenvalue weighted by Crippen LogP contribution is 2.32. The summed E-state index contributed by atoms with van der Waals surface area (Å²) in [6.07, 6.45) is 4.65. The van der Waals surface area contributed by atoms with Gasteiger partial charge in [-0.05, 0) is 87.9 Å². The van der Waals surface area contributed by atoms with Crippen LogP contribution < -0.4 is 21.3 Å². The molecule has 4 N–H and O–H groups in total. The number of carbonyl (C=O) groups is 2. The second-order valence-corrected chi connectivity index (χ2v) is 8.12. The summed E-state index contributed by atoms with van der Waals surface area (Å²) in [4.78, 5) is 24.9. The molecular formula is C26H34N4O2. The fourth-order valence-corrected chi connectivity index (χ4v) is 3.87. The predicted molar refractivity (Wildman–Crippen MR) is 134 cm³/mol. The third kappa shape index (κ3) is 6.52. The lowest BCUT2D eigenvalue weighted by atomic mass is 10.0. The van der Waals surface area contributed by atoms with Crippen molar-refractivity contribution in [1.29, 1.82) is 0 Å². The van der Waals surface area contributed by atoms with Gasteiger partial charge in [0.1, 0.15) is 0 Å². The summed E-state index contributed by atoms with van der Waals surface area (Å²) in [7, 11) is 3.84. The van der Waals surface area contributed by atoms with E-state index in [0.717, 1.165) is 71.7 Å². The van der Waals surface area contributed by atoms with E-state index in [1.807, 2.05) is 50.5 Å². The van der Waals surface area contributed by atoms with E-state index in [1.165, 1.54) is 0 Å². The van der Waals surface area contributed by atoms with Crippen molar-refractivity contribution >= 4 is 44.7 Å². The molecule has 32 heavy (non-hydrogen) atoms. The number of hydrogen-bond acceptors (Lipinski definition) is 4. The molecule has 3 rings (SSSR count). The Balaban J connectivity index is 1.80. The summed E-state index contributed by atoms with van der Waals surface area (Å²) >= 11 is 0. The fourth-order valence-electron chi connectivity index (χ4n) is 3.87. The van der Waals surface area contributed by atoms with Crippen molar-refractivity contribution < 1.29 is 9.59 Å². The Morgan fingerprint density at radius 3 is 1.56 bits per heavy atom. The Hall–Kier alpha value is -2.96. The smallest absolute Gasteiger partial charge is 0.224 e. The Morgan fingerprint density at radius 1 is 0.656 bits per heavy atom. The van der Waals surface area contributed by atoms with Gasteiger partial charge in [-0.25, -0.2) is 0 Å². The lowest BCUT2D eigenvalue weighted by Gasteiger charge is -2.13. The Kier molecular flexibility index (Phi) is 9.01. The minimum absolute atomic E-state index is 0.0249. The van der Waals surface area contributed by atoms with Crippen molar-refractivity contribution in [3.8, 4) is 0 Å². The second kappa shape index (κ2) is 12.2. The van der Waals surface area contributed by atoms with E-state index < -0.39 is 0 Å². The molecule has 0 saturated heterocycles. The van der Waals surface area contributed by atoms with Gasteiger partial charge < -0.3 is 21.3 Å². The zero-order valence-corrected chi connectivity index (χ0v) is 19.1. The Morgan fingerprint density at radius 2 is 1.12 bits per heavy atom. The average molecular weight is 435 g/mol. The van der Waals surface area contributed by atoms with Crippen LogP contribution in [0.5, 0.6) is 0 Å². The van der Waals surface area contributed by atoms with Gasteiger partial charge in [0.05, 0.1) is 0 Å². The standard InChI is InChI=1S/C26H34N4O2/c1-27-15-5-3-13-25(31)29-23-11-7-9-19-17-20-10-8-12-24(22(20)18-21(19)23)30-26(32)14-4-6-16-28-2/h7-12,17-18,27-28H,3-6,13-16H2,1-2H3,(H,29,31)(H,30,32). The number of rotatable bonds is 12. The SMILES string of the molecule is CNCCCCC(=O)Nc1cccc2cc3cccc(NC(=O)CCCCNC)c3cc12. The molecule has 0 bridgehead atoms. The first-order valence-electron chi connectivity index (χ1n) is 11.5. The molecular weight excluding hydrogens is 400 g/mol. The predicted octanol–water partition coefficient (Wildman–Crippen LogP) is 4.65. The molecule has 2 amide bonds. The zero-order chi connectivity index (χ0) is 22.8. The number of nitrogens with one attached hydrogen (secondary N) is 4. The van der Waals surface area contributed by atoms with Gasteiger partial charge in [0, 0.05) is 35.0 Å². The van der Waals surface area contributed by atoms with Crippen LogP contribution in [0.3, 0.4) is 0 Å². The van der Waals surface area contributed by atoms with Crippen LogP contribution in [0, 0.1) is 0 Å². The van der Waals surface area contributed by atoms with E-state index >= 15 is 0 Å². The number of anilines is 2. The summed E-state index contributed by atoms with van der Waals surface area (Å²) < 4.78 is 0. The van der Waals surface area contributed by atoms with Gasteiger partial charge in [-0.15, -0.1) is 0 Å². The summed E-state index contributed by atoms with van der Waals surface area (Å²) in [5.41, 5.74) is 1.60. The molecule has 0 unspecified atom stereocenters. The van der Waals surface area contributed by atoms with Crippen molar-refractivity contribution in [2.24, 2.45) is 0 Å². The van der Waals surface area contributed by atoms with Gasteiger partial charge >= 0.3 is 0 Å². The van der Waals surface area contributed by atoms with Crippen LogP contribution in [0.15, 0.2) is 48.5 Å². The molecule has 0 heterocycles. The normalized spacial score (nSPS) is 11.1. The van der Waals surface area contributed by atoms with Crippen molar-refractivity contribution in [3.05, 3.63) is 48.5 Å². The van der Waals surface area contributed by atoms with Crippen LogP contribution in [0.4, 0.5) is 11.4 Å². The molecule has 170 valence electrons. The van der Waals surface area contributed by atoms with Crippen LogP contribution in [-0.4, -0.2) is 39.0 Å². The highest BCUT2D eigenvalue weighted by Gasteiger charge is 2.10. The quantitative estimate of drug-likeness (QED) is 0.247. The van der Waals surface area contributed by atoms with Crippen molar-refractivity contribution in [1.82, 2.24) is 10.6 Å². The van der Waals surface area contributed by atoms with Gasteiger partial charge in [-0.2, -0.15) is 0 Å². The van der Waals surface area contributed by atoms with Crippen molar-refractivity contribution in [2.45, 2.75) is 38.5 Å². The fraction of sp³-hybridized carbons (Fsp3) is 0.385. The van der Waals surface area contributed by atoms with E-state index in [1.54, 1.807) is 0 Å². The maximum Gasteiger partial charge on any atom is 0.224 e. The van der Waals surface area contributed by atoms with E-state index in [2.05, 4.69) is 33.4 Å². The maximum atomic E-state index is 12.4. The van der Waals surface area contributed by atoms with Gasteiger partial charge in [-0.1, -0.05) is 24.3 Å². The van der Waals surface area contributed by atoms with E-state index in [4.69, 9.17) is 0 Å². The topological polar surface area (TPSA) is 82.3 Å². The maximum absolute atomic E-state index is 12.4. The molecule has 0 aliphatic rings. The number of benzene rings is 3. The van der Waals surface area contributed by atoms with E-state index in [0.29, 0.717) is 12.8 Å². The first-order chi connectivity index (χ1) is 15.6. The molecule has 6 heteroatoms. The second-order valence-electron chi connectivity index (χ2n) is 8.12. The van der Waals surface area contributed by atoms with Crippen molar-refractivity contribution in [2.75, 3.05) is 37.8 Å². The van der Waals surface area contributed by atoms with Crippen LogP contribution in [0.25, 0.3) is 21.5 Å². The Bertz CT molecular complexity index is 983. The van der Waals surface area contributed by atoms with Crippen molar-refractivity contribution in [3.63, 3.8) is 0 Å². The number of amides is 2. The molecule has 0 atom stereocenters. The van der Waals surface area contributed by atoms with Gasteiger partial charge in [0.15, 0.2) is 0 Å². The first-order valence-corrected chi connectivity index (χ1v) is 11.5. The molecule has 0 fully saturated rings. The number of unbranched alkanes of at least 4 members (excludes halogenated alkanes) is 2. The van der Waals surface area contributed by atoms with Gasteiger partial charge in [-0.3, -0.25) is 9.59 Å². The summed E-state index contributed by atoms with van der Waals surface area (Å²) in [6, 6.07) is 16.1. The molecule has 0 saturated carbocycles. The third-order valence-electron chi connectivity index (χ3n) is 5.59. The minimum Gasteiger partial charge on any atom is -0.326 e. The third-order valence-corrected chi connectivity index (χ3v) is 5.59. The van der Waals surface area contributed by atoms with Crippen LogP contribution in [-0.2, 0) is 9.59 Å². The summed E-state index contributed by atoms with van der Waals surface area (Å²) in [5.74, 6) is 0.0497. The summed E-state index contributed by atoms with van der Waals surface area (Å²) in [5, 5.41) is 16.4. The highest BCUT2D eigenvalue weighted by atomic mass is 16.2. The summed E-state index contributed by atoms with van der Waals surface area (Å²) in [6.45, 7) is 1.83. The number of carbonyl (C=O) groups excluding carboxylic acids is 2. The number of fused-ring (bicyclic) bond motifs is 2. The van der Waals surface area contributed by atoms with E-state index in [9.17, 15) is 9.59 Å². The highest BCUT2D eigenvalue weighted by molar-refractivity contribution is 6.11. The first kappa shape index (κ1) is 23.7. The molecule has 0 radical (unpaired) electrons. The average Bonchev–Trinajstić information content (AvgIpc) is 2.79. The molecule has 0 aliphatic heterocycles. The molecule has 0 aromatic heterocycles. The molecule has 6 nitrogen and oxygen atoms in total. The van der Waals surface area contributed by atoms with Crippen LogP contribution in [0.1, 0.15) is 38.5 Å². The monoisotopic (exact) mass is 434 g/mol. The zero-order valence-electron chi connectivity index (χ0n) is 19.1. The lowest BCUT2D eigenvalue weighted by molar-refractivity contribution is -0.117. The minimum atomic E-state index is 0.0249. The molecule has 3 aromatic carbocycles. The largest absolute Gasteiger partial charge is 0.326 e. The lowest BCUT2D eigenvalue weighted by Crippen LogP contribution is -2.13.